The van der Waals surface area contributed by atoms with E-state index in [-0.39, 0.29) is 18.1 Å². The molecule has 1 aromatic carbocycles. The average molecular weight is 472 g/mol. The highest BCUT2D eigenvalue weighted by atomic mass is 79.9. The summed E-state index contributed by atoms with van der Waals surface area (Å²) in [5.41, 5.74) is 0.631. The first kappa shape index (κ1) is 22.0. The van der Waals surface area contributed by atoms with Crippen LogP contribution < -0.4 is 4.74 Å². The molecule has 1 aliphatic rings. The maximum absolute atomic E-state index is 12.5. The number of carbonyl (C=O) groups excluding carboxylic acids is 4. The molecule has 0 bridgehead atoms. The molecule has 1 saturated heterocycles. The third kappa shape index (κ3) is 5.14. The van der Waals surface area contributed by atoms with Crippen molar-refractivity contribution >= 4 is 56.9 Å². The van der Waals surface area contributed by atoms with Crippen LogP contribution in [0, 0.1) is 0 Å². The first-order valence-corrected chi connectivity index (χ1v) is 9.82. The van der Waals surface area contributed by atoms with Crippen LogP contribution in [0.2, 0.25) is 0 Å². The third-order valence-corrected chi connectivity index (χ3v) is 5.16. The van der Waals surface area contributed by atoms with Crippen LogP contribution in [0.4, 0.5) is 4.79 Å². The van der Waals surface area contributed by atoms with E-state index in [2.05, 4.69) is 20.7 Å². The minimum atomic E-state index is -1.01. The zero-order valence-electron chi connectivity index (χ0n) is 15.4. The Morgan fingerprint density at radius 3 is 2.64 bits per heavy atom. The molecule has 1 aliphatic heterocycles. The summed E-state index contributed by atoms with van der Waals surface area (Å²) < 4.78 is 15.3. The molecule has 1 fully saturated rings. The molecule has 1 atom stereocenters. The van der Waals surface area contributed by atoms with Crippen molar-refractivity contribution in [3.63, 3.8) is 0 Å². The van der Waals surface area contributed by atoms with Crippen LogP contribution in [0.25, 0.3) is 6.08 Å². The molecule has 0 N–H and O–H groups in total. The fourth-order valence-electron chi connectivity index (χ4n) is 2.30. The van der Waals surface area contributed by atoms with Crippen molar-refractivity contribution in [2.45, 2.75) is 19.9 Å². The zero-order chi connectivity index (χ0) is 20.8. The number of nitrogens with zero attached hydrogens (tertiary/aromatic N) is 1. The van der Waals surface area contributed by atoms with Crippen LogP contribution >= 0.6 is 27.7 Å². The topological polar surface area (TPSA) is 99.2 Å². The number of ether oxygens (including phenoxy) is 3. The van der Waals surface area contributed by atoms with Gasteiger partial charge >= 0.3 is 11.9 Å². The van der Waals surface area contributed by atoms with Gasteiger partial charge in [-0.05, 0) is 65.3 Å². The highest BCUT2D eigenvalue weighted by Gasteiger charge is 2.41. The van der Waals surface area contributed by atoms with E-state index in [0.717, 1.165) is 16.7 Å². The van der Waals surface area contributed by atoms with E-state index in [1.54, 1.807) is 25.1 Å². The maximum atomic E-state index is 12.5. The Morgan fingerprint density at radius 2 is 2.04 bits per heavy atom. The van der Waals surface area contributed by atoms with E-state index < -0.39 is 29.1 Å². The van der Waals surface area contributed by atoms with Crippen molar-refractivity contribution in [3.8, 4) is 5.75 Å². The molecule has 0 radical (unpaired) electrons. The molecule has 2 amide bonds. The van der Waals surface area contributed by atoms with Crippen LogP contribution in [-0.4, -0.2) is 54.4 Å². The van der Waals surface area contributed by atoms with Gasteiger partial charge in [-0.3, -0.25) is 14.5 Å². The van der Waals surface area contributed by atoms with Gasteiger partial charge in [-0.25, -0.2) is 9.59 Å². The Bertz CT molecular complexity index is 839. The summed E-state index contributed by atoms with van der Waals surface area (Å²) in [5, 5.41) is -0.539. The number of methoxy groups -OCH3 is 1. The first-order chi connectivity index (χ1) is 13.3. The summed E-state index contributed by atoms with van der Waals surface area (Å²) in [6, 6.07) is 3.96. The number of amides is 2. The number of carbonyl (C=O) groups is 4. The predicted molar refractivity (Wildman–Crippen MR) is 106 cm³/mol. The van der Waals surface area contributed by atoms with Crippen molar-refractivity contribution in [1.29, 1.82) is 0 Å². The van der Waals surface area contributed by atoms with Gasteiger partial charge < -0.3 is 14.2 Å². The molecular formula is C18H18BrNO7S. The Hall–Kier alpha value is -2.33. The van der Waals surface area contributed by atoms with E-state index >= 15 is 0 Å². The molecular weight excluding hydrogens is 454 g/mol. The highest BCUT2D eigenvalue weighted by molar-refractivity contribution is 9.10. The summed E-state index contributed by atoms with van der Waals surface area (Å²) in [6.07, 6.45) is 1.54. The van der Waals surface area contributed by atoms with Crippen LogP contribution in [0.3, 0.4) is 0 Å². The number of hydrogen-bond acceptors (Lipinski definition) is 8. The lowest BCUT2D eigenvalue weighted by Gasteiger charge is -2.18. The summed E-state index contributed by atoms with van der Waals surface area (Å²) in [7, 11) is 1.19. The Morgan fingerprint density at radius 1 is 1.32 bits per heavy atom. The molecule has 2 rings (SSSR count). The number of esters is 2. The molecule has 8 nitrogen and oxygen atoms in total. The Kier molecular flexibility index (Phi) is 7.64. The van der Waals surface area contributed by atoms with E-state index in [1.807, 2.05) is 0 Å². The van der Waals surface area contributed by atoms with Crippen molar-refractivity contribution in [1.82, 2.24) is 4.90 Å². The minimum Gasteiger partial charge on any atom is -0.481 e. The van der Waals surface area contributed by atoms with E-state index in [9.17, 15) is 19.2 Å². The lowest BCUT2D eigenvalue weighted by atomic mass is 10.2. The number of halogens is 1. The van der Waals surface area contributed by atoms with Crippen LogP contribution in [0.5, 0.6) is 5.75 Å². The second-order valence-corrected chi connectivity index (χ2v) is 7.38. The highest BCUT2D eigenvalue weighted by Crippen LogP contribution is 2.35. The molecule has 1 aromatic rings. The third-order valence-electron chi connectivity index (χ3n) is 3.66. The van der Waals surface area contributed by atoms with Gasteiger partial charge in [-0.15, -0.1) is 0 Å². The van der Waals surface area contributed by atoms with Crippen molar-refractivity contribution in [2.75, 3.05) is 20.3 Å². The summed E-state index contributed by atoms with van der Waals surface area (Å²) in [4.78, 5) is 48.7. The van der Waals surface area contributed by atoms with Crippen molar-refractivity contribution in [3.05, 3.63) is 33.1 Å². The molecule has 1 unspecified atom stereocenters. The van der Waals surface area contributed by atoms with Gasteiger partial charge in [-0.1, -0.05) is 6.07 Å². The summed E-state index contributed by atoms with van der Waals surface area (Å²) in [6.45, 7) is 3.18. The van der Waals surface area contributed by atoms with Gasteiger partial charge in [0.1, 0.15) is 11.8 Å². The van der Waals surface area contributed by atoms with E-state index in [1.165, 1.54) is 20.1 Å². The molecule has 10 heteroatoms. The van der Waals surface area contributed by atoms with Gasteiger partial charge in [0, 0.05) is 0 Å². The summed E-state index contributed by atoms with van der Waals surface area (Å²) >= 11 is 4.09. The Labute approximate surface area is 174 Å². The van der Waals surface area contributed by atoms with E-state index in [0.29, 0.717) is 15.8 Å². The minimum absolute atomic E-state index is 0.188. The first-order valence-electron chi connectivity index (χ1n) is 8.21. The maximum Gasteiger partial charge on any atom is 0.344 e. The summed E-state index contributed by atoms with van der Waals surface area (Å²) in [5.74, 6) is -1.29. The van der Waals surface area contributed by atoms with Gasteiger partial charge in [-0.2, -0.15) is 0 Å². The SMILES string of the molecule is CCOC(=O)COc1ccc(/C=C2/SC(=O)N(C(C)C(=O)OC)C2=O)cc1Br. The number of rotatable bonds is 7. The fraction of sp³-hybridized carbons (Fsp3) is 0.333. The monoisotopic (exact) mass is 471 g/mol. The van der Waals surface area contributed by atoms with Gasteiger partial charge in [0.15, 0.2) is 6.61 Å². The fourth-order valence-corrected chi connectivity index (χ4v) is 3.72. The normalized spacial score (nSPS) is 16.3. The van der Waals surface area contributed by atoms with Gasteiger partial charge in [0.2, 0.25) is 0 Å². The molecule has 0 aromatic heterocycles. The number of thioether (sulfide) groups is 1. The number of hydrogen-bond donors (Lipinski definition) is 0. The van der Waals surface area contributed by atoms with Crippen LogP contribution in [0.1, 0.15) is 19.4 Å². The predicted octanol–water partition coefficient (Wildman–Crippen LogP) is 2.99. The molecule has 0 saturated carbocycles. The largest absolute Gasteiger partial charge is 0.481 e. The lowest BCUT2D eigenvalue weighted by Crippen LogP contribution is -2.42. The van der Waals surface area contributed by atoms with Gasteiger partial charge in [0.05, 0.1) is 23.1 Å². The number of benzene rings is 1. The van der Waals surface area contributed by atoms with Gasteiger partial charge in [0.25, 0.3) is 11.1 Å². The molecule has 28 heavy (non-hydrogen) atoms. The molecule has 0 spiro atoms. The van der Waals surface area contributed by atoms with Crippen LogP contribution in [-0.2, 0) is 23.9 Å². The zero-order valence-corrected chi connectivity index (χ0v) is 17.8. The van der Waals surface area contributed by atoms with Crippen molar-refractivity contribution < 1.29 is 33.4 Å². The second-order valence-electron chi connectivity index (χ2n) is 5.53. The second kappa shape index (κ2) is 9.74. The van der Waals surface area contributed by atoms with Crippen LogP contribution in [0.15, 0.2) is 27.6 Å². The lowest BCUT2D eigenvalue weighted by molar-refractivity contribution is -0.148. The van der Waals surface area contributed by atoms with Crippen molar-refractivity contribution in [2.24, 2.45) is 0 Å². The standard InChI is InChI=1S/C18H18BrNO7S/c1-4-26-15(21)9-27-13-6-5-11(7-12(13)19)8-14-16(22)20(18(24)28-14)10(2)17(23)25-3/h5-8,10H,4,9H2,1-3H3/b14-8+. The Balaban J connectivity index is 2.14. The number of imide groups is 1. The molecule has 1 heterocycles. The average Bonchev–Trinajstić information content (AvgIpc) is 2.93. The quantitative estimate of drug-likeness (QED) is 0.441. The van der Waals surface area contributed by atoms with E-state index in [4.69, 9.17) is 9.47 Å². The molecule has 0 aliphatic carbocycles. The smallest absolute Gasteiger partial charge is 0.344 e. The molecule has 150 valence electrons.